The lowest BCUT2D eigenvalue weighted by atomic mass is 10.2. The molecule has 0 spiro atoms. The van der Waals surface area contributed by atoms with E-state index in [1.54, 1.807) is 19.1 Å². The minimum absolute atomic E-state index is 0.0652. The van der Waals surface area contributed by atoms with E-state index in [0.717, 1.165) is 37.3 Å². The molecule has 0 bridgehead atoms. The molecule has 160 valence electrons. The second-order valence-corrected chi connectivity index (χ2v) is 9.16. The number of aromatic nitrogens is 2. The highest BCUT2D eigenvalue weighted by molar-refractivity contribution is 7.93. The van der Waals surface area contributed by atoms with Crippen LogP contribution >= 0.6 is 0 Å². The molecule has 1 fully saturated rings. The number of amides is 1. The van der Waals surface area contributed by atoms with Gasteiger partial charge in [0.25, 0.3) is 5.91 Å². The summed E-state index contributed by atoms with van der Waals surface area (Å²) < 4.78 is 34.2. The van der Waals surface area contributed by atoms with Crippen molar-refractivity contribution < 1.29 is 22.7 Å². The number of benzene rings is 1. The first-order valence-electron chi connectivity index (χ1n) is 9.76. The first-order valence-corrected chi connectivity index (χ1v) is 11.7. The number of hydrogen-bond acceptors (Lipinski definition) is 7. The second kappa shape index (κ2) is 9.71. The summed E-state index contributed by atoms with van der Waals surface area (Å²) in [6.45, 7) is 1.66. The summed E-state index contributed by atoms with van der Waals surface area (Å²) in [6.07, 6.45) is 8.02. The van der Waals surface area contributed by atoms with Gasteiger partial charge in [-0.3, -0.25) is 4.79 Å². The Morgan fingerprint density at radius 3 is 2.60 bits per heavy atom. The number of carbonyl (C=O) groups excluding carboxylic acids is 1. The first-order chi connectivity index (χ1) is 14.3. The van der Waals surface area contributed by atoms with E-state index in [9.17, 15) is 13.2 Å². The zero-order chi connectivity index (χ0) is 21.6. The predicted octanol–water partition coefficient (Wildman–Crippen LogP) is 3.27. The van der Waals surface area contributed by atoms with Gasteiger partial charge in [-0.25, -0.2) is 13.4 Å². The van der Waals surface area contributed by atoms with E-state index >= 15 is 0 Å². The van der Waals surface area contributed by atoms with E-state index < -0.39 is 21.8 Å². The molecule has 0 aliphatic heterocycles. The highest BCUT2D eigenvalue weighted by atomic mass is 32.2. The zero-order valence-electron chi connectivity index (χ0n) is 16.9. The molecule has 1 aromatic carbocycles. The summed E-state index contributed by atoms with van der Waals surface area (Å²) in [5.74, 6) is 0.0991. The van der Waals surface area contributed by atoms with Crippen LogP contribution in [0.4, 0.5) is 0 Å². The molecule has 8 nitrogen and oxygen atoms in total. The average Bonchev–Trinajstić information content (AvgIpc) is 3.20. The summed E-state index contributed by atoms with van der Waals surface area (Å²) in [4.78, 5) is 21.2. The van der Waals surface area contributed by atoms with Gasteiger partial charge >= 0.3 is 6.01 Å². The molecule has 0 saturated heterocycles. The van der Waals surface area contributed by atoms with Crippen LogP contribution in [0, 0.1) is 0 Å². The van der Waals surface area contributed by atoms with Crippen molar-refractivity contribution in [3.63, 3.8) is 0 Å². The molecule has 30 heavy (non-hydrogen) atoms. The molecule has 1 aromatic heterocycles. The number of rotatable bonds is 8. The Hall–Kier alpha value is -2.94. The third-order valence-electron chi connectivity index (χ3n) is 4.48. The topological polar surface area (TPSA) is 107 Å². The fourth-order valence-electron chi connectivity index (χ4n) is 2.99. The molecular formula is C21H25N3O5S. The van der Waals surface area contributed by atoms with Gasteiger partial charge in [0.2, 0.25) is 5.88 Å². The highest BCUT2D eigenvalue weighted by Crippen LogP contribution is 2.27. The van der Waals surface area contributed by atoms with Gasteiger partial charge in [0.05, 0.1) is 6.20 Å². The monoisotopic (exact) mass is 431 g/mol. The van der Waals surface area contributed by atoms with Gasteiger partial charge in [-0.1, -0.05) is 24.3 Å². The molecule has 1 aliphatic carbocycles. The number of nitrogens with one attached hydrogen (secondary N) is 1. The predicted molar refractivity (Wildman–Crippen MR) is 112 cm³/mol. The van der Waals surface area contributed by atoms with Crippen LogP contribution < -0.4 is 14.8 Å². The van der Waals surface area contributed by atoms with Crippen molar-refractivity contribution in [1.29, 1.82) is 0 Å². The summed E-state index contributed by atoms with van der Waals surface area (Å²) >= 11 is 0. The van der Waals surface area contributed by atoms with Crippen LogP contribution in [-0.2, 0) is 9.84 Å². The summed E-state index contributed by atoms with van der Waals surface area (Å²) in [7, 11) is -3.28. The fourth-order valence-corrected chi connectivity index (χ4v) is 3.51. The first kappa shape index (κ1) is 21.8. The molecule has 1 N–H and O–H groups in total. The van der Waals surface area contributed by atoms with E-state index in [4.69, 9.17) is 9.47 Å². The average molecular weight is 432 g/mol. The Kier molecular flexibility index (Phi) is 7.04. The van der Waals surface area contributed by atoms with Crippen LogP contribution in [0.15, 0.2) is 48.0 Å². The minimum Gasteiger partial charge on any atom is -0.460 e. The normalized spacial score (nSPS) is 15.8. The SMILES string of the molecule is CC(C=CS(C)(=O)=O)NC(=O)c1cnc(OC2CCCC2)nc1Oc1ccccc1. The fraction of sp³-hybridized carbons (Fsp3) is 0.381. The molecule has 2 aromatic rings. The molecule has 1 amide bonds. The molecular weight excluding hydrogens is 406 g/mol. The Bertz CT molecular complexity index is 1000. The molecule has 0 radical (unpaired) electrons. The minimum atomic E-state index is -3.28. The van der Waals surface area contributed by atoms with Crippen molar-refractivity contribution in [2.24, 2.45) is 0 Å². The van der Waals surface area contributed by atoms with Gasteiger partial charge in [0, 0.05) is 17.7 Å². The number of nitrogens with zero attached hydrogens (tertiary/aromatic N) is 2. The second-order valence-electron chi connectivity index (χ2n) is 7.23. The van der Waals surface area contributed by atoms with Crippen LogP contribution in [0.5, 0.6) is 17.6 Å². The van der Waals surface area contributed by atoms with Crippen molar-refractivity contribution in [3.05, 3.63) is 53.6 Å². The molecule has 1 aliphatic rings. The third-order valence-corrected chi connectivity index (χ3v) is 5.13. The number of carbonyl (C=O) groups is 1. The van der Waals surface area contributed by atoms with Gasteiger partial charge in [0.15, 0.2) is 9.84 Å². The lowest BCUT2D eigenvalue weighted by Crippen LogP contribution is -2.31. The molecule has 1 unspecified atom stereocenters. The van der Waals surface area contributed by atoms with Crippen molar-refractivity contribution in [1.82, 2.24) is 15.3 Å². The highest BCUT2D eigenvalue weighted by Gasteiger charge is 2.22. The van der Waals surface area contributed by atoms with Gasteiger partial charge in [-0.05, 0) is 44.7 Å². The maximum atomic E-state index is 12.8. The maximum absolute atomic E-state index is 12.8. The van der Waals surface area contributed by atoms with Crippen molar-refractivity contribution in [3.8, 4) is 17.6 Å². The quantitative estimate of drug-likeness (QED) is 0.683. The smallest absolute Gasteiger partial charge is 0.320 e. The van der Waals surface area contributed by atoms with Crippen LogP contribution in [0.3, 0.4) is 0 Å². The molecule has 1 atom stereocenters. The Morgan fingerprint density at radius 1 is 1.23 bits per heavy atom. The maximum Gasteiger partial charge on any atom is 0.320 e. The number of ether oxygens (including phenoxy) is 2. The van der Waals surface area contributed by atoms with Crippen molar-refractivity contribution in [2.45, 2.75) is 44.8 Å². The lowest BCUT2D eigenvalue weighted by Gasteiger charge is -2.15. The van der Waals surface area contributed by atoms with E-state index in [2.05, 4.69) is 15.3 Å². The largest absolute Gasteiger partial charge is 0.460 e. The lowest BCUT2D eigenvalue weighted by molar-refractivity contribution is 0.0943. The van der Waals surface area contributed by atoms with Crippen LogP contribution in [0.1, 0.15) is 43.0 Å². The van der Waals surface area contributed by atoms with E-state index in [1.807, 2.05) is 18.2 Å². The molecule has 3 rings (SSSR count). The Morgan fingerprint density at radius 2 is 1.93 bits per heavy atom. The third kappa shape index (κ3) is 6.55. The number of para-hydroxylation sites is 1. The summed E-state index contributed by atoms with van der Waals surface area (Å²) in [6, 6.07) is 8.61. The zero-order valence-corrected chi connectivity index (χ0v) is 17.8. The molecule has 9 heteroatoms. The van der Waals surface area contributed by atoms with E-state index in [1.165, 1.54) is 12.3 Å². The van der Waals surface area contributed by atoms with Crippen molar-refractivity contribution in [2.75, 3.05) is 6.26 Å². The molecule has 1 saturated carbocycles. The van der Waals surface area contributed by atoms with Crippen LogP contribution in [-0.4, -0.2) is 42.7 Å². The van der Waals surface area contributed by atoms with Gasteiger partial charge in [0.1, 0.15) is 17.4 Å². The number of hydrogen-bond donors (Lipinski definition) is 1. The van der Waals surface area contributed by atoms with Crippen molar-refractivity contribution >= 4 is 15.7 Å². The van der Waals surface area contributed by atoms with E-state index in [-0.39, 0.29) is 23.6 Å². The summed E-state index contributed by atoms with van der Waals surface area (Å²) in [5.41, 5.74) is 0.122. The Labute approximate surface area is 176 Å². The number of sulfone groups is 1. The summed E-state index contributed by atoms with van der Waals surface area (Å²) in [5, 5.41) is 3.75. The van der Waals surface area contributed by atoms with E-state index in [0.29, 0.717) is 5.75 Å². The Balaban J connectivity index is 1.82. The van der Waals surface area contributed by atoms with Crippen LogP contribution in [0.2, 0.25) is 0 Å². The molecule has 1 heterocycles. The van der Waals surface area contributed by atoms with Gasteiger partial charge in [-0.15, -0.1) is 0 Å². The van der Waals surface area contributed by atoms with Crippen LogP contribution in [0.25, 0.3) is 0 Å². The van der Waals surface area contributed by atoms with Gasteiger partial charge in [-0.2, -0.15) is 4.98 Å². The van der Waals surface area contributed by atoms with Gasteiger partial charge < -0.3 is 14.8 Å². The standard InChI is InChI=1S/C21H25N3O5S/c1-15(12-13-30(2,26)27)23-19(25)18-14-22-21(29-17-10-6-7-11-17)24-20(18)28-16-8-4-3-5-9-16/h3-5,8-9,12-15,17H,6-7,10-11H2,1-2H3,(H,23,25).